The number of imidazole rings is 1. The summed E-state index contributed by atoms with van der Waals surface area (Å²) in [5.74, 6) is 0.363. The number of nitrogens with two attached hydrogens (primary N) is 1. The molecule has 0 radical (unpaired) electrons. The number of rotatable bonds is 2. The Kier molecular flexibility index (Phi) is 2.77. The molecule has 3 rings (SSSR count). The van der Waals surface area contributed by atoms with Crippen LogP contribution in [0.5, 0.6) is 0 Å². The lowest BCUT2D eigenvalue weighted by molar-refractivity contribution is -0.0213. The van der Waals surface area contributed by atoms with Crippen molar-refractivity contribution >= 4 is 29.2 Å². The van der Waals surface area contributed by atoms with Crippen molar-refractivity contribution in [1.29, 1.82) is 0 Å². The molecule has 0 amide bonds. The second-order valence-corrected chi connectivity index (χ2v) is 4.62. The van der Waals surface area contributed by atoms with E-state index in [2.05, 4.69) is 15.0 Å². The monoisotopic (exact) mass is 267 g/mol. The molecule has 0 aromatic carbocycles. The van der Waals surface area contributed by atoms with Crippen LogP contribution >= 0.6 is 12.2 Å². The number of aromatic amines is 1. The molecule has 0 aliphatic carbocycles. The number of aliphatic hydroxyl groups is 1. The van der Waals surface area contributed by atoms with Crippen LogP contribution in [0.25, 0.3) is 11.2 Å². The Morgan fingerprint density at radius 1 is 1.56 bits per heavy atom. The molecule has 2 atom stereocenters. The van der Waals surface area contributed by atoms with E-state index in [-0.39, 0.29) is 18.9 Å². The molecule has 2 unspecified atom stereocenters. The molecule has 4 N–H and O–H groups in total. The number of H-pyrrole nitrogens is 1. The molecule has 1 fully saturated rings. The van der Waals surface area contributed by atoms with Crippen LogP contribution in [0.2, 0.25) is 0 Å². The Hall–Kier alpha value is -1.51. The lowest BCUT2D eigenvalue weighted by Gasteiger charge is -2.13. The van der Waals surface area contributed by atoms with Crippen LogP contribution in [0.3, 0.4) is 0 Å². The molecular weight excluding hydrogens is 254 g/mol. The Labute approximate surface area is 108 Å². The molecule has 18 heavy (non-hydrogen) atoms. The molecule has 96 valence electrons. The predicted molar refractivity (Wildman–Crippen MR) is 67.4 cm³/mol. The van der Waals surface area contributed by atoms with Crippen LogP contribution in [0, 0.1) is 4.77 Å². The minimum Gasteiger partial charge on any atom is -0.394 e. The number of hydrogen-bond acceptors (Lipinski definition) is 6. The minimum absolute atomic E-state index is 0.0172. The molecular formula is C10H13N5O2S. The number of ether oxygens (including phenoxy) is 1. The quantitative estimate of drug-likeness (QED) is 0.694. The Balaban J connectivity index is 2.10. The largest absolute Gasteiger partial charge is 0.394 e. The van der Waals surface area contributed by atoms with Gasteiger partial charge in [-0.25, -0.2) is 9.97 Å². The smallest absolute Gasteiger partial charge is 0.181 e. The molecule has 3 heterocycles. The third-order valence-corrected chi connectivity index (χ3v) is 3.41. The van der Waals surface area contributed by atoms with Crippen molar-refractivity contribution in [2.75, 3.05) is 12.3 Å². The fourth-order valence-corrected chi connectivity index (χ4v) is 2.54. The number of aliphatic hydroxyl groups excluding tert-OH is 1. The number of nitrogen functional groups attached to an aromatic ring is 1. The van der Waals surface area contributed by atoms with Crippen LogP contribution in [0.4, 0.5) is 5.82 Å². The summed E-state index contributed by atoms with van der Waals surface area (Å²) in [6.07, 6.45) is 2.64. The van der Waals surface area contributed by atoms with E-state index in [1.54, 1.807) is 4.57 Å². The lowest BCUT2D eigenvalue weighted by Crippen LogP contribution is -2.14. The van der Waals surface area contributed by atoms with Crippen molar-refractivity contribution < 1.29 is 9.84 Å². The van der Waals surface area contributed by atoms with Crippen molar-refractivity contribution in [1.82, 2.24) is 19.5 Å². The van der Waals surface area contributed by atoms with Crippen LogP contribution in [-0.4, -0.2) is 37.3 Å². The number of fused-ring (bicyclic) bond motifs is 1. The van der Waals surface area contributed by atoms with Gasteiger partial charge in [-0.15, -0.1) is 0 Å². The van der Waals surface area contributed by atoms with E-state index in [4.69, 9.17) is 27.8 Å². The summed E-state index contributed by atoms with van der Waals surface area (Å²) >= 11 is 5.27. The summed E-state index contributed by atoms with van der Waals surface area (Å²) in [6, 6.07) is 0. The molecule has 1 aliphatic heterocycles. The first-order valence-electron chi connectivity index (χ1n) is 5.67. The topological polar surface area (TPSA) is 102 Å². The molecule has 0 bridgehead atoms. The second-order valence-electron chi connectivity index (χ2n) is 4.23. The average Bonchev–Trinajstić information content (AvgIpc) is 2.93. The number of nitrogens with zero attached hydrogens (tertiary/aromatic N) is 3. The molecule has 7 nitrogen and oxygen atoms in total. The first-order chi connectivity index (χ1) is 8.70. The van der Waals surface area contributed by atoms with Gasteiger partial charge in [-0.1, -0.05) is 0 Å². The van der Waals surface area contributed by atoms with E-state index in [1.165, 1.54) is 6.33 Å². The van der Waals surface area contributed by atoms with Crippen molar-refractivity contribution in [3.8, 4) is 0 Å². The van der Waals surface area contributed by atoms with E-state index in [1.807, 2.05) is 0 Å². The Bertz CT molecular complexity index is 637. The third-order valence-electron chi connectivity index (χ3n) is 3.11. The molecule has 1 aliphatic rings. The highest BCUT2D eigenvalue weighted by Gasteiger charge is 2.28. The normalized spacial score (nSPS) is 23.8. The fraction of sp³-hybridized carbons (Fsp3) is 0.500. The maximum absolute atomic E-state index is 9.09. The molecule has 0 saturated carbocycles. The summed E-state index contributed by atoms with van der Waals surface area (Å²) in [5, 5.41) is 9.09. The first kappa shape index (κ1) is 11.6. The van der Waals surface area contributed by atoms with Gasteiger partial charge in [-0.05, 0) is 25.1 Å². The van der Waals surface area contributed by atoms with Crippen LogP contribution in [0.15, 0.2) is 6.33 Å². The summed E-state index contributed by atoms with van der Waals surface area (Å²) < 4.78 is 8.00. The van der Waals surface area contributed by atoms with Gasteiger partial charge in [-0.3, -0.25) is 4.57 Å². The van der Waals surface area contributed by atoms with Gasteiger partial charge >= 0.3 is 0 Å². The summed E-state index contributed by atoms with van der Waals surface area (Å²) in [7, 11) is 0. The number of hydrogen-bond donors (Lipinski definition) is 3. The Morgan fingerprint density at radius 3 is 3.11 bits per heavy atom. The van der Waals surface area contributed by atoms with Gasteiger partial charge in [0.2, 0.25) is 0 Å². The van der Waals surface area contributed by atoms with Gasteiger partial charge in [0.1, 0.15) is 18.1 Å². The first-order valence-corrected chi connectivity index (χ1v) is 6.08. The standard InChI is InChI=1S/C10H13N5O2S/c11-8-7-9(13-4-12-8)15(10(18)14-7)6-2-1-5(3-16)17-6/h4-6,16H,1-3H2,(H,14,18)(H2,11,12,13). The zero-order valence-electron chi connectivity index (χ0n) is 9.54. The summed E-state index contributed by atoms with van der Waals surface area (Å²) in [5.41, 5.74) is 7.03. The van der Waals surface area contributed by atoms with E-state index >= 15 is 0 Å². The number of aromatic nitrogens is 4. The van der Waals surface area contributed by atoms with Crippen molar-refractivity contribution in [2.45, 2.75) is 25.2 Å². The van der Waals surface area contributed by atoms with Crippen molar-refractivity contribution in [3.63, 3.8) is 0 Å². The van der Waals surface area contributed by atoms with E-state index in [0.29, 0.717) is 21.8 Å². The van der Waals surface area contributed by atoms with Gasteiger partial charge in [0, 0.05) is 0 Å². The van der Waals surface area contributed by atoms with Crippen LogP contribution < -0.4 is 5.73 Å². The van der Waals surface area contributed by atoms with Crippen LogP contribution in [0.1, 0.15) is 19.1 Å². The maximum atomic E-state index is 9.09. The Morgan fingerprint density at radius 2 is 2.39 bits per heavy atom. The van der Waals surface area contributed by atoms with E-state index in [9.17, 15) is 0 Å². The third kappa shape index (κ3) is 1.69. The zero-order valence-corrected chi connectivity index (χ0v) is 10.4. The maximum Gasteiger partial charge on any atom is 0.181 e. The molecule has 2 aromatic rings. The molecule has 1 saturated heterocycles. The summed E-state index contributed by atoms with van der Waals surface area (Å²) in [6.45, 7) is 0.0172. The highest BCUT2D eigenvalue weighted by Crippen LogP contribution is 2.31. The van der Waals surface area contributed by atoms with Crippen molar-refractivity contribution in [3.05, 3.63) is 11.1 Å². The van der Waals surface area contributed by atoms with Gasteiger partial charge < -0.3 is 20.6 Å². The fourth-order valence-electron chi connectivity index (χ4n) is 2.23. The van der Waals surface area contributed by atoms with Gasteiger partial charge in [-0.2, -0.15) is 0 Å². The molecule has 2 aromatic heterocycles. The lowest BCUT2D eigenvalue weighted by atomic mass is 10.2. The van der Waals surface area contributed by atoms with Gasteiger partial charge in [0.25, 0.3) is 0 Å². The summed E-state index contributed by atoms with van der Waals surface area (Å²) in [4.78, 5) is 11.1. The second kappa shape index (κ2) is 4.30. The van der Waals surface area contributed by atoms with Gasteiger partial charge in [0.15, 0.2) is 16.2 Å². The van der Waals surface area contributed by atoms with E-state index < -0.39 is 0 Å². The van der Waals surface area contributed by atoms with E-state index in [0.717, 1.165) is 12.8 Å². The highest BCUT2D eigenvalue weighted by molar-refractivity contribution is 7.71. The molecule has 8 heteroatoms. The average molecular weight is 267 g/mol. The highest BCUT2D eigenvalue weighted by atomic mass is 32.1. The number of nitrogens with one attached hydrogen (secondary N) is 1. The van der Waals surface area contributed by atoms with Gasteiger partial charge in [0.05, 0.1) is 12.7 Å². The zero-order chi connectivity index (χ0) is 12.7. The molecule has 0 spiro atoms. The SMILES string of the molecule is Nc1ncnc2c1[nH]c(=S)n2C1CCC(CO)O1. The minimum atomic E-state index is -0.210. The van der Waals surface area contributed by atoms with Crippen molar-refractivity contribution in [2.24, 2.45) is 0 Å². The predicted octanol–water partition coefficient (Wildman–Crippen LogP) is 0.741. The van der Waals surface area contributed by atoms with Crippen LogP contribution in [-0.2, 0) is 4.74 Å². The number of anilines is 1.